The van der Waals surface area contributed by atoms with Crippen molar-refractivity contribution in [3.63, 3.8) is 0 Å². The summed E-state index contributed by atoms with van der Waals surface area (Å²) in [6.45, 7) is 4.72. The standard InChI is InChI=1S/C11H16N2OS/c1-9(14)10-2-5-13(6-3-10)8-11-12-4-7-15-11/h4,7,10H,2-3,5-6,8H2,1H3. The highest BCUT2D eigenvalue weighted by Crippen LogP contribution is 2.20. The van der Waals surface area contributed by atoms with Gasteiger partial charge in [0.2, 0.25) is 0 Å². The molecular weight excluding hydrogens is 208 g/mol. The molecule has 1 aromatic heterocycles. The van der Waals surface area contributed by atoms with E-state index in [9.17, 15) is 4.79 Å². The van der Waals surface area contributed by atoms with E-state index in [1.807, 2.05) is 11.6 Å². The third-order valence-corrected chi connectivity index (χ3v) is 3.77. The molecule has 0 amide bonds. The van der Waals surface area contributed by atoms with Crippen LogP contribution in [-0.4, -0.2) is 28.8 Å². The monoisotopic (exact) mass is 224 g/mol. The van der Waals surface area contributed by atoms with Crippen molar-refractivity contribution >= 4 is 17.1 Å². The Morgan fingerprint density at radius 2 is 2.33 bits per heavy atom. The van der Waals surface area contributed by atoms with Crippen molar-refractivity contribution in [3.8, 4) is 0 Å². The van der Waals surface area contributed by atoms with Gasteiger partial charge in [-0.05, 0) is 32.9 Å². The molecule has 4 heteroatoms. The Balaban J connectivity index is 1.81. The van der Waals surface area contributed by atoms with Gasteiger partial charge in [0.1, 0.15) is 10.8 Å². The summed E-state index contributed by atoms with van der Waals surface area (Å²) in [5.74, 6) is 0.654. The van der Waals surface area contributed by atoms with Crippen LogP contribution in [-0.2, 0) is 11.3 Å². The van der Waals surface area contributed by atoms with Crippen LogP contribution in [0.3, 0.4) is 0 Å². The van der Waals surface area contributed by atoms with Gasteiger partial charge in [-0.3, -0.25) is 9.69 Å². The number of nitrogens with zero attached hydrogens (tertiary/aromatic N) is 2. The lowest BCUT2D eigenvalue weighted by Gasteiger charge is -2.29. The lowest BCUT2D eigenvalue weighted by Crippen LogP contribution is -2.35. The first-order chi connectivity index (χ1) is 7.25. The smallest absolute Gasteiger partial charge is 0.133 e. The molecule has 0 atom stereocenters. The van der Waals surface area contributed by atoms with Crippen LogP contribution < -0.4 is 0 Å². The van der Waals surface area contributed by atoms with E-state index in [2.05, 4.69) is 9.88 Å². The molecule has 1 fully saturated rings. The number of Topliss-reactive ketones (excluding diaryl/α,β-unsaturated/α-hetero) is 1. The van der Waals surface area contributed by atoms with E-state index in [0.29, 0.717) is 11.7 Å². The zero-order valence-corrected chi connectivity index (χ0v) is 9.80. The molecule has 0 unspecified atom stereocenters. The van der Waals surface area contributed by atoms with Gasteiger partial charge in [0.05, 0.1) is 6.54 Å². The zero-order valence-electron chi connectivity index (χ0n) is 8.98. The van der Waals surface area contributed by atoms with Crippen LogP contribution in [0, 0.1) is 5.92 Å². The first kappa shape index (κ1) is 10.8. The summed E-state index contributed by atoms with van der Waals surface area (Å²) in [7, 11) is 0. The summed E-state index contributed by atoms with van der Waals surface area (Å²) in [5, 5.41) is 3.19. The van der Waals surface area contributed by atoms with Crippen molar-refractivity contribution in [1.82, 2.24) is 9.88 Å². The lowest BCUT2D eigenvalue weighted by atomic mass is 9.93. The summed E-state index contributed by atoms with van der Waals surface area (Å²) in [6, 6.07) is 0. The molecular formula is C11H16N2OS. The lowest BCUT2D eigenvalue weighted by molar-refractivity contribution is -0.122. The molecule has 3 nitrogen and oxygen atoms in total. The Hall–Kier alpha value is -0.740. The predicted molar refractivity (Wildman–Crippen MR) is 60.8 cm³/mol. The van der Waals surface area contributed by atoms with Gasteiger partial charge in [-0.2, -0.15) is 0 Å². The number of thiazole rings is 1. The highest BCUT2D eigenvalue weighted by atomic mass is 32.1. The van der Waals surface area contributed by atoms with Gasteiger partial charge in [-0.1, -0.05) is 0 Å². The van der Waals surface area contributed by atoms with E-state index in [4.69, 9.17) is 0 Å². The summed E-state index contributed by atoms with van der Waals surface area (Å²) in [6.07, 6.45) is 3.88. The van der Waals surface area contributed by atoms with Gasteiger partial charge in [0.15, 0.2) is 0 Å². The molecule has 2 heterocycles. The molecule has 1 aliphatic heterocycles. The normalized spacial score (nSPS) is 19.3. The Labute approximate surface area is 94.1 Å². The van der Waals surface area contributed by atoms with Crippen molar-refractivity contribution in [2.45, 2.75) is 26.3 Å². The van der Waals surface area contributed by atoms with Crippen LogP contribution >= 0.6 is 11.3 Å². The fourth-order valence-corrected chi connectivity index (χ4v) is 2.68. The van der Waals surface area contributed by atoms with E-state index < -0.39 is 0 Å². The molecule has 1 saturated heterocycles. The van der Waals surface area contributed by atoms with Crippen LogP contribution in [0.1, 0.15) is 24.8 Å². The number of ketones is 1. The van der Waals surface area contributed by atoms with E-state index >= 15 is 0 Å². The van der Waals surface area contributed by atoms with Crippen molar-refractivity contribution < 1.29 is 4.79 Å². The average Bonchev–Trinajstić information content (AvgIpc) is 2.71. The number of hydrogen-bond acceptors (Lipinski definition) is 4. The second kappa shape index (κ2) is 4.86. The summed E-state index contributed by atoms with van der Waals surface area (Å²) in [5.41, 5.74) is 0. The van der Waals surface area contributed by atoms with Gasteiger partial charge in [0, 0.05) is 17.5 Å². The minimum atomic E-state index is 0.303. The molecule has 0 N–H and O–H groups in total. The minimum Gasteiger partial charge on any atom is -0.300 e. The maximum Gasteiger partial charge on any atom is 0.133 e. The van der Waals surface area contributed by atoms with E-state index in [0.717, 1.165) is 32.5 Å². The van der Waals surface area contributed by atoms with Crippen molar-refractivity contribution in [3.05, 3.63) is 16.6 Å². The zero-order chi connectivity index (χ0) is 10.7. The molecule has 82 valence electrons. The number of carbonyl (C=O) groups excluding carboxylic acids is 1. The predicted octanol–water partition coefficient (Wildman–Crippen LogP) is 1.94. The van der Waals surface area contributed by atoms with E-state index in [1.54, 1.807) is 18.3 Å². The minimum absolute atomic E-state index is 0.303. The van der Waals surface area contributed by atoms with Gasteiger partial charge in [0.25, 0.3) is 0 Å². The Kier molecular flexibility index (Phi) is 3.49. The molecule has 0 spiro atoms. The van der Waals surface area contributed by atoms with Crippen molar-refractivity contribution in [2.24, 2.45) is 5.92 Å². The molecule has 15 heavy (non-hydrogen) atoms. The third-order valence-electron chi connectivity index (χ3n) is 3.00. The largest absolute Gasteiger partial charge is 0.300 e. The van der Waals surface area contributed by atoms with E-state index in [1.165, 1.54) is 5.01 Å². The number of carbonyl (C=O) groups is 1. The average molecular weight is 224 g/mol. The Bertz CT molecular complexity index is 315. The molecule has 2 rings (SSSR count). The SMILES string of the molecule is CC(=O)C1CCN(Cc2nccs2)CC1. The number of piperidine rings is 1. The van der Waals surface area contributed by atoms with Gasteiger partial charge < -0.3 is 0 Å². The number of rotatable bonds is 3. The van der Waals surface area contributed by atoms with Gasteiger partial charge in [-0.25, -0.2) is 4.98 Å². The topological polar surface area (TPSA) is 33.2 Å². The van der Waals surface area contributed by atoms with Crippen LogP contribution in [0.15, 0.2) is 11.6 Å². The van der Waals surface area contributed by atoms with Gasteiger partial charge >= 0.3 is 0 Å². The molecule has 0 radical (unpaired) electrons. The molecule has 0 saturated carbocycles. The highest BCUT2D eigenvalue weighted by molar-refractivity contribution is 7.09. The second-order valence-electron chi connectivity index (χ2n) is 4.09. The highest BCUT2D eigenvalue weighted by Gasteiger charge is 2.22. The van der Waals surface area contributed by atoms with Crippen LogP contribution in [0.4, 0.5) is 0 Å². The molecule has 0 bridgehead atoms. The molecule has 1 aliphatic rings. The Morgan fingerprint density at radius 1 is 1.60 bits per heavy atom. The fraction of sp³-hybridized carbons (Fsp3) is 0.636. The van der Waals surface area contributed by atoms with E-state index in [-0.39, 0.29) is 0 Å². The number of aromatic nitrogens is 1. The van der Waals surface area contributed by atoms with Crippen molar-refractivity contribution in [2.75, 3.05) is 13.1 Å². The first-order valence-corrected chi connectivity index (χ1v) is 6.25. The maximum atomic E-state index is 11.2. The van der Waals surface area contributed by atoms with Crippen molar-refractivity contribution in [1.29, 1.82) is 0 Å². The number of likely N-dealkylation sites (tertiary alicyclic amines) is 1. The van der Waals surface area contributed by atoms with Crippen LogP contribution in [0.5, 0.6) is 0 Å². The maximum absolute atomic E-state index is 11.2. The van der Waals surface area contributed by atoms with Crippen LogP contribution in [0.2, 0.25) is 0 Å². The fourth-order valence-electron chi connectivity index (χ4n) is 2.02. The van der Waals surface area contributed by atoms with Crippen LogP contribution in [0.25, 0.3) is 0 Å². The summed E-state index contributed by atoms with van der Waals surface area (Å²) in [4.78, 5) is 17.9. The quantitative estimate of drug-likeness (QED) is 0.786. The first-order valence-electron chi connectivity index (χ1n) is 5.37. The second-order valence-corrected chi connectivity index (χ2v) is 5.07. The summed E-state index contributed by atoms with van der Waals surface area (Å²) >= 11 is 1.70. The molecule has 0 aliphatic carbocycles. The third kappa shape index (κ3) is 2.86. The Morgan fingerprint density at radius 3 is 2.87 bits per heavy atom. The summed E-state index contributed by atoms with van der Waals surface area (Å²) < 4.78 is 0. The molecule has 0 aromatic carbocycles. The molecule has 1 aromatic rings. The van der Waals surface area contributed by atoms with Gasteiger partial charge in [-0.15, -0.1) is 11.3 Å². The number of hydrogen-bond donors (Lipinski definition) is 0.